The first-order chi connectivity index (χ1) is 35.6. The van der Waals surface area contributed by atoms with Crippen molar-refractivity contribution in [3.8, 4) is 0 Å². The topological polar surface area (TPSA) is 165 Å². The van der Waals surface area contributed by atoms with Crippen molar-refractivity contribution >= 4 is 30.0 Å². The van der Waals surface area contributed by atoms with Gasteiger partial charge in [0.05, 0.1) is 18.9 Å². The van der Waals surface area contributed by atoms with Gasteiger partial charge in [-0.2, -0.15) is 0 Å². The Balaban J connectivity index is 2.76. The molecule has 0 spiro atoms. The standard InChI is InChI=1S/C59H106N2O12/c1-6-11-16-18-20-29-45-68-58(69-46-30-21-19-17-12-7-2)39-38-57(65)72-50-52(49-71-56(64)37-36-53(33-15-10-5)73-59(66)60-41-44-61-42-27-28-43-61)48-70-55(63)35-26-22-25-34-54(62)67-47-40-51(31-23-13-8-3)32-24-14-9-4/h11-12,16-17,51-53,58H,6-10,13-15,18-50H2,1-5H3,(H,60,66)/b16-11-,17-12-. The van der Waals surface area contributed by atoms with Gasteiger partial charge in [0.15, 0.2) is 6.29 Å². The summed E-state index contributed by atoms with van der Waals surface area (Å²) in [6.45, 7) is 15.3. The monoisotopic (exact) mass is 1030 g/mol. The highest BCUT2D eigenvalue weighted by Gasteiger charge is 2.22. The molecule has 0 bridgehead atoms. The second-order valence-corrected chi connectivity index (χ2v) is 20.0. The van der Waals surface area contributed by atoms with Crippen LogP contribution < -0.4 is 5.32 Å². The average Bonchev–Trinajstić information content (AvgIpc) is 3.91. The fraction of sp³-hybridized carbons (Fsp3) is 0.847. The Labute approximate surface area is 443 Å². The van der Waals surface area contributed by atoms with Crippen LogP contribution >= 0.6 is 0 Å². The average molecular weight is 1040 g/mol. The summed E-state index contributed by atoms with van der Waals surface area (Å²) in [4.78, 5) is 66.6. The van der Waals surface area contributed by atoms with Crippen LogP contribution in [-0.2, 0) is 52.3 Å². The number of nitrogens with zero attached hydrogens (tertiary/aromatic N) is 1. The third-order valence-electron chi connectivity index (χ3n) is 13.2. The Morgan fingerprint density at radius 3 is 1.53 bits per heavy atom. The number of ether oxygens (including phenoxy) is 7. The summed E-state index contributed by atoms with van der Waals surface area (Å²) in [5.74, 6) is -1.56. The molecule has 1 rings (SSSR count). The first-order valence-electron chi connectivity index (χ1n) is 29.5. The normalized spacial score (nSPS) is 13.8. The molecule has 2 atom stereocenters. The van der Waals surface area contributed by atoms with Crippen molar-refractivity contribution < 1.29 is 57.1 Å². The predicted molar refractivity (Wildman–Crippen MR) is 291 cm³/mol. The number of rotatable bonds is 50. The van der Waals surface area contributed by atoms with Gasteiger partial charge in [-0.1, -0.05) is 130 Å². The number of esters is 4. The van der Waals surface area contributed by atoms with Crippen LogP contribution in [0.3, 0.4) is 0 Å². The molecule has 1 amide bonds. The van der Waals surface area contributed by atoms with E-state index in [1.165, 1.54) is 64.2 Å². The van der Waals surface area contributed by atoms with E-state index in [9.17, 15) is 24.0 Å². The van der Waals surface area contributed by atoms with Crippen molar-refractivity contribution in [1.82, 2.24) is 10.2 Å². The van der Waals surface area contributed by atoms with E-state index < -0.39 is 42.3 Å². The van der Waals surface area contributed by atoms with Gasteiger partial charge in [-0.25, -0.2) is 4.79 Å². The number of nitrogens with one attached hydrogen (secondary N) is 1. The lowest BCUT2D eigenvalue weighted by molar-refractivity contribution is -0.162. The number of hydrogen-bond acceptors (Lipinski definition) is 13. The maximum absolute atomic E-state index is 13.2. The summed E-state index contributed by atoms with van der Waals surface area (Å²) < 4.78 is 40.5. The predicted octanol–water partition coefficient (Wildman–Crippen LogP) is 13.5. The van der Waals surface area contributed by atoms with E-state index in [1.54, 1.807) is 0 Å². The van der Waals surface area contributed by atoms with Gasteiger partial charge in [0.2, 0.25) is 0 Å². The number of allylic oxidation sites excluding steroid dienone is 4. The second-order valence-electron chi connectivity index (χ2n) is 20.0. The van der Waals surface area contributed by atoms with Crippen LogP contribution in [0.15, 0.2) is 24.3 Å². The first kappa shape index (κ1) is 67.5. The number of unbranched alkanes of at least 4 members (excludes halogenated alkanes) is 11. The molecular weight excluding hydrogens is 929 g/mol. The molecule has 0 saturated carbocycles. The van der Waals surface area contributed by atoms with Crippen molar-refractivity contribution in [2.45, 2.75) is 246 Å². The molecule has 1 N–H and O–H groups in total. The lowest BCUT2D eigenvalue weighted by Gasteiger charge is -2.20. The van der Waals surface area contributed by atoms with Crippen molar-refractivity contribution in [2.24, 2.45) is 11.8 Å². The molecule has 424 valence electrons. The Kier molecular flexibility index (Phi) is 45.7. The zero-order valence-corrected chi connectivity index (χ0v) is 47.0. The minimum absolute atomic E-state index is 0.0279. The van der Waals surface area contributed by atoms with Crippen LogP contribution in [0.2, 0.25) is 0 Å². The molecule has 1 aliphatic heterocycles. The molecule has 1 heterocycles. The Bertz CT molecular complexity index is 1390. The van der Waals surface area contributed by atoms with Crippen LogP contribution in [-0.4, -0.2) is 113 Å². The Morgan fingerprint density at radius 1 is 0.479 bits per heavy atom. The van der Waals surface area contributed by atoms with Crippen LogP contribution in [0, 0.1) is 11.8 Å². The molecule has 1 saturated heterocycles. The van der Waals surface area contributed by atoms with E-state index in [2.05, 4.69) is 69.1 Å². The summed E-state index contributed by atoms with van der Waals surface area (Å²) in [5, 5.41) is 2.85. The van der Waals surface area contributed by atoms with Gasteiger partial charge in [-0.15, -0.1) is 0 Å². The number of likely N-dealkylation sites (tertiary alicyclic amines) is 1. The smallest absolute Gasteiger partial charge is 0.407 e. The molecule has 0 aliphatic carbocycles. The van der Waals surface area contributed by atoms with Crippen LogP contribution in [0.1, 0.15) is 234 Å². The summed E-state index contributed by atoms with van der Waals surface area (Å²) >= 11 is 0. The van der Waals surface area contributed by atoms with E-state index in [-0.39, 0.29) is 45.1 Å². The van der Waals surface area contributed by atoms with Gasteiger partial charge in [-0.05, 0) is 115 Å². The second kappa shape index (κ2) is 49.4. The maximum atomic E-state index is 13.2. The minimum Gasteiger partial charge on any atom is -0.466 e. The molecule has 0 aromatic heterocycles. The van der Waals surface area contributed by atoms with Crippen molar-refractivity contribution in [3.63, 3.8) is 0 Å². The van der Waals surface area contributed by atoms with Crippen molar-refractivity contribution in [3.05, 3.63) is 24.3 Å². The maximum Gasteiger partial charge on any atom is 0.407 e. The summed E-state index contributed by atoms with van der Waals surface area (Å²) in [6.07, 6.45) is 33.5. The third kappa shape index (κ3) is 42.4. The summed E-state index contributed by atoms with van der Waals surface area (Å²) in [5.41, 5.74) is 0. The van der Waals surface area contributed by atoms with E-state index in [0.29, 0.717) is 77.2 Å². The molecular formula is C59H106N2O12. The van der Waals surface area contributed by atoms with E-state index in [4.69, 9.17) is 33.2 Å². The lowest BCUT2D eigenvalue weighted by Crippen LogP contribution is -2.35. The van der Waals surface area contributed by atoms with Gasteiger partial charge in [0, 0.05) is 52.0 Å². The van der Waals surface area contributed by atoms with E-state index in [0.717, 1.165) is 90.3 Å². The summed E-state index contributed by atoms with van der Waals surface area (Å²) in [7, 11) is 0. The molecule has 0 aromatic rings. The van der Waals surface area contributed by atoms with Gasteiger partial charge >= 0.3 is 30.0 Å². The largest absolute Gasteiger partial charge is 0.466 e. The quantitative estimate of drug-likeness (QED) is 0.0201. The Hall–Kier alpha value is -3.49. The van der Waals surface area contributed by atoms with Gasteiger partial charge < -0.3 is 43.4 Å². The molecule has 2 unspecified atom stereocenters. The van der Waals surface area contributed by atoms with Crippen LogP contribution in [0.25, 0.3) is 0 Å². The fourth-order valence-corrected chi connectivity index (χ4v) is 8.59. The molecule has 1 fully saturated rings. The highest BCUT2D eigenvalue weighted by atomic mass is 16.7. The molecule has 14 heteroatoms. The Morgan fingerprint density at radius 2 is 1.00 bits per heavy atom. The summed E-state index contributed by atoms with van der Waals surface area (Å²) in [6, 6.07) is 0. The van der Waals surface area contributed by atoms with Crippen molar-refractivity contribution in [1.29, 1.82) is 0 Å². The number of carbonyl (C=O) groups is 5. The zero-order chi connectivity index (χ0) is 53.3. The molecule has 73 heavy (non-hydrogen) atoms. The van der Waals surface area contributed by atoms with Crippen molar-refractivity contribution in [2.75, 3.05) is 65.8 Å². The van der Waals surface area contributed by atoms with E-state index >= 15 is 0 Å². The van der Waals surface area contributed by atoms with Crippen LogP contribution in [0.5, 0.6) is 0 Å². The molecule has 1 aliphatic rings. The zero-order valence-electron chi connectivity index (χ0n) is 47.0. The highest BCUT2D eigenvalue weighted by molar-refractivity contribution is 5.71. The third-order valence-corrected chi connectivity index (χ3v) is 13.2. The minimum atomic E-state index is -0.607. The lowest BCUT2D eigenvalue weighted by atomic mass is 9.92. The molecule has 14 nitrogen and oxygen atoms in total. The van der Waals surface area contributed by atoms with Gasteiger partial charge in [0.25, 0.3) is 0 Å². The fourth-order valence-electron chi connectivity index (χ4n) is 8.59. The molecule has 0 aromatic carbocycles. The highest BCUT2D eigenvalue weighted by Crippen LogP contribution is 2.22. The van der Waals surface area contributed by atoms with Gasteiger partial charge in [0.1, 0.15) is 25.9 Å². The number of amides is 1. The number of carbonyl (C=O) groups excluding carboxylic acids is 5. The van der Waals surface area contributed by atoms with E-state index in [1.807, 2.05) is 0 Å². The first-order valence-corrected chi connectivity index (χ1v) is 29.5. The van der Waals surface area contributed by atoms with Crippen LogP contribution in [0.4, 0.5) is 4.79 Å². The molecule has 0 radical (unpaired) electrons. The number of hydrogen-bond donors (Lipinski definition) is 1. The van der Waals surface area contributed by atoms with Gasteiger partial charge in [-0.3, -0.25) is 19.2 Å². The SMILES string of the molecule is CC/C=C\CCCCOC(CCC(=O)OCC(COC(=O)CCCCCC(=O)OCCC(CCCCC)CCCCC)COC(=O)CCC(CCCC)OC(=O)NCCN1CCCC1)OCCCC/C=C\CC. The number of alkyl carbamates (subject to hydrolysis) is 1.